The van der Waals surface area contributed by atoms with Crippen LogP contribution in [0.4, 0.5) is 5.69 Å². The first-order valence-electron chi connectivity index (χ1n) is 6.93. The van der Waals surface area contributed by atoms with E-state index in [1.807, 2.05) is 20.8 Å². The first-order valence-corrected chi connectivity index (χ1v) is 7.75. The molecule has 114 valence electrons. The van der Waals surface area contributed by atoms with Gasteiger partial charge in [0, 0.05) is 11.9 Å². The highest BCUT2D eigenvalue weighted by Crippen LogP contribution is 2.34. The highest BCUT2D eigenvalue weighted by molar-refractivity contribution is 7.21. The van der Waals surface area contributed by atoms with Gasteiger partial charge in [-0.15, -0.1) is 16.4 Å². The summed E-state index contributed by atoms with van der Waals surface area (Å²) in [5, 5.41) is 21.2. The number of nitrogen functional groups attached to an aromatic ring is 1. The molecule has 0 fully saturated rings. The minimum Gasteiger partial charge on any atom is -0.397 e. The van der Waals surface area contributed by atoms with Gasteiger partial charge in [0.15, 0.2) is 0 Å². The number of fused-ring (bicyclic) bond motifs is 1. The second-order valence-corrected chi connectivity index (χ2v) is 6.04. The molecule has 0 aromatic carbocycles. The van der Waals surface area contributed by atoms with Crippen molar-refractivity contribution in [2.45, 2.75) is 39.7 Å². The highest BCUT2D eigenvalue weighted by atomic mass is 32.1. The van der Waals surface area contributed by atoms with E-state index in [9.17, 15) is 9.90 Å². The van der Waals surface area contributed by atoms with Crippen molar-refractivity contribution in [1.29, 1.82) is 0 Å². The Bertz CT molecular complexity index is 669. The Hall–Kier alpha value is -1.73. The van der Waals surface area contributed by atoms with Crippen molar-refractivity contribution in [3.05, 3.63) is 16.1 Å². The van der Waals surface area contributed by atoms with Crippen LogP contribution >= 0.6 is 11.3 Å². The van der Waals surface area contributed by atoms with Crippen molar-refractivity contribution < 1.29 is 9.90 Å². The lowest BCUT2D eigenvalue weighted by Gasteiger charge is -2.08. The second kappa shape index (κ2) is 6.36. The number of hydrogen-bond acceptors (Lipinski definition) is 6. The van der Waals surface area contributed by atoms with Gasteiger partial charge in [-0.05, 0) is 32.3 Å². The molecule has 2 rings (SSSR count). The summed E-state index contributed by atoms with van der Waals surface area (Å²) >= 11 is 1.25. The molecule has 0 aliphatic heterocycles. The number of aryl methyl sites for hydroxylation is 2. The summed E-state index contributed by atoms with van der Waals surface area (Å²) < 4.78 is 0. The molecule has 0 bridgehead atoms. The van der Waals surface area contributed by atoms with Gasteiger partial charge >= 0.3 is 0 Å². The molecule has 0 radical (unpaired) electrons. The number of aromatic nitrogens is 2. The third-order valence-electron chi connectivity index (χ3n) is 3.58. The maximum atomic E-state index is 12.2. The Labute approximate surface area is 127 Å². The standard InChI is InChI=1S/C14H20N4O2S/c1-4-9(19)5-6-16-13(20)12-11(15)10-7(2)8(3)17-18-14(10)21-12/h9,19H,4-6,15H2,1-3H3,(H,16,20). The summed E-state index contributed by atoms with van der Waals surface area (Å²) in [5.41, 5.74) is 8.32. The van der Waals surface area contributed by atoms with E-state index in [1.54, 1.807) is 0 Å². The summed E-state index contributed by atoms with van der Waals surface area (Å²) in [6.45, 7) is 6.12. The molecule has 0 saturated heterocycles. The molecule has 2 heterocycles. The number of amides is 1. The fraction of sp³-hybridized carbons (Fsp3) is 0.500. The van der Waals surface area contributed by atoms with Crippen LogP contribution in [0.15, 0.2) is 0 Å². The summed E-state index contributed by atoms with van der Waals surface area (Å²) in [6, 6.07) is 0. The van der Waals surface area contributed by atoms with Crippen LogP contribution in [0.5, 0.6) is 0 Å². The highest BCUT2D eigenvalue weighted by Gasteiger charge is 2.19. The van der Waals surface area contributed by atoms with E-state index >= 15 is 0 Å². The molecule has 0 aliphatic rings. The Morgan fingerprint density at radius 3 is 2.81 bits per heavy atom. The van der Waals surface area contributed by atoms with Gasteiger partial charge < -0.3 is 16.2 Å². The van der Waals surface area contributed by atoms with Gasteiger partial charge in [0.2, 0.25) is 0 Å². The van der Waals surface area contributed by atoms with Crippen molar-refractivity contribution in [1.82, 2.24) is 15.5 Å². The number of hydrogen-bond donors (Lipinski definition) is 3. The number of carbonyl (C=O) groups is 1. The summed E-state index contributed by atoms with van der Waals surface area (Å²) in [6.07, 6.45) is 0.820. The van der Waals surface area contributed by atoms with Crippen LogP contribution in [0.1, 0.15) is 40.7 Å². The average Bonchev–Trinajstić information content (AvgIpc) is 2.80. The van der Waals surface area contributed by atoms with Gasteiger partial charge in [0.25, 0.3) is 5.91 Å². The summed E-state index contributed by atoms with van der Waals surface area (Å²) in [7, 11) is 0. The predicted octanol–water partition coefficient (Wildman–Crippen LogP) is 1.78. The van der Waals surface area contributed by atoms with Crippen molar-refractivity contribution in [3.8, 4) is 0 Å². The van der Waals surface area contributed by atoms with Crippen LogP contribution < -0.4 is 11.1 Å². The third-order valence-corrected chi connectivity index (χ3v) is 4.66. The van der Waals surface area contributed by atoms with Gasteiger partial charge in [0.1, 0.15) is 9.71 Å². The average molecular weight is 308 g/mol. The Morgan fingerprint density at radius 1 is 1.43 bits per heavy atom. The maximum Gasteiger partial charge on any atom is 0.263 e. The third kappa shape index (κ3) is 3.14. The number of thiophene rings is 1. The van der Waals surface area contributed by atoms with Gasteiger partial charge in [-0.3, -0.25) is 4.79 Å². The van der Waals surface area contributed by atoms with Gasteiger partial charge in [-0.1, -0.05) is 6.92 Å². The SMILES string of the molecule is CCC(O)CCNC(=O)c1sc2nnc(C)c(C)c2c1N. The number of nitrogens with one attached hydrogen (secondary N) is 1. The zero-order chi connectivity index (χ0) is 15.6. The van der Waals surface area contributed by atoms with Gasteiger partial charge in [-0.2, -0.15) is 5.10 Å². The van der Waals surface area contributed by atoms with Crippen LogP contribution in [0.3, 0.4) is 0 Å². The molecule has 21 heavy (non-hydrogen) atoms. The summed E-state index contributed by atoms with van der Waals surface area (Å²) in [4.78, 5) is 13.3. The quantitative estimate of drug-likeness (QED) is 0.781. The van der Waals surface area contributed by atoms with E-state index < -0.39 is 0 Å². The van der Waals surface area contributed by atoms with E-state index in [1.165, 1.54) is 11.3 Å². The lowest BCUT2D eigenvalue weighted by Crippen LogP contribution is -2.26. The van der Waals surface area contributed by atoms with Crippen LogP contribution in [-0.4, -0.2) is 33.9 Å². The molecule has 2 aromatic heterocycles. The molecular weight excluding hydrogens is 288 g/mol. The minimum atomic E-state index is -0.388. The van der Waals surface area contributed by atoms with Crippen molar-refractivity contribution in [2.75, 3.05) is 12.3 Å². The van der Waals surface area contributed by atoms with Crippen molar-refractivity contribution in [2.24, 2.45) is 0 Å². The molecule has 1 atom stereocenters. The zero-order valence-electron chi connectivity index (χ0n) is 12.4. The number of nitrogens with two attached hydrogens (primary N) is 1. The lowest BCUT2D eigenvalue weighted by atomic mass is 10.1. The predicted molar refractivity (Wildman–Crippen MR) is 84.5 cm³/mol. The molecule has 1 unspecified atom stereocenters. The first-order chi connectivity index (χ1) is 9.95. The van der Waals surface area contributed by atoms with Crippen molar-refractivity contribution in [3.63, 3.8) is 0 Å². The molecule has 7 heteroatoms. The number of carbonyl (C=O) groups excluding carboxylic acids is 1. The molecule has 6 nitrogen and oxygen atoms in total. The van der Waals surface area contributed by atoms with E-state index in [4.69, 9.17) is 5.73 Å². The molecular formula is C14H20N4O2S. The number of aliphatic hydroxyl groups excluding tert-OH is 1. The molecule has 0 spiro atoms. The molecule has 4 N–H and O–H groups in total. The van der Waals surface area contributed by atoms with Crippen LogP contribution in [-0.2, 0) is 0 Å². The van der Waals surface area contributed by atoms with Gasteiger partial charge in [-0.25, -0.2) is 0 Å². The van der Waals surface area contributed by atoms with Crippen LogP contribution in [0.2, 0.25) is 0 Å². The number of aliphatic hydroxyl groups is 1. The smallest absolute Gasteiger partial charge is 0.263 e. The largest absolute Gasteiger partial charge is 0.397 e. The van der Waals surface area contributed by atoms with Crippen LogP contribution in [0.25, 0.3) is 10.2 Å². The summed E-state index contributed by atoms with van der Waals surface area (Å²) in [5.74, 6) is -0.226. The first kappa shape index (κ1) is 15.7. The molecule has 0 saturated carbocycles. The van der Waals surface area contributed by atoms with Gasteiger partial charge in [0.05, 0.1) is 17.5 Å². The van der Waals surface area contributed by atoms with Crippen LogP contribution in [0, 0.1) is 13.8 Å². The lowest BCUT2D eigenvalue weighted by molar-refractivity contribution is 0.0947. The van der Waals surface area contributed by atoms with E-state index in [-0.39, 0.29) is 12.0 Å². The normalized spacial score (nSPS) is 12.6. The maximum absolute atomic E-state index is 12.2. The van der Waals surface area contributed by atoms with E-state index in [0.29, 0.717) is 34.8 Å². The Kier molecular flexibility index (Phi) is 4.74. The minimum absolute atomic E-state index is 0.226. The topological polar surface area (TPSA) is 101 Å². The van der Waals surface area contributed by atoms with Crippen molar-refractivity contribution >= 4 is 33.1 Å². The van der Waals surface area contributed by atoms with E-state index in [2.05, 4.69) is 15.5 Å². The fourth-order valence-corrected chi connectivity index (χ4v) is 3.06. The van der Waals surface area contributed by atoms with E-state index in [0.717, 1.165) is 16.6 Å². The Balaban J connectivity index is 2.20. The Morgan fingerprint density at radius 2 is 2.14 bits per heavy atom. The zero-order valence-corrected chi connectivity index (χ0v) is 13.3. The molecule has 0 aliphatic carbocycles. The molecule has 2 aromatic rings. The number of anilines is 1. The molecule has 1 amide bonds. The fourth-order valence-electron chi connectivity index (χ4n) is 2.05. The number of nitrogens with zero attached hydrogens (tertiary/aromatic N) is 2. The number of rotatable bonds is 5. The monoisotopic (exact) mass is 308 g/mol. The second-order valence-electron chi connectivity index (χ2n) is 5.04.